The van der Waals surface area contributed by atoms with E-state index in [1.54, 1.807) is 42.5 Å². The Morgan fingerprint density at radius 2 is 1.49 bits per heavy atom. The molecular weight excluding hydrogens is 716 g/mol. The van der Waals surface area contributed by atoms with Crippen LogP contribution in [0.25, 0.3) is 11.6 Å². The maximum Gasteiger partial charge on any atom is 0.343 e. The van der Waals surface area contributed by atoms with Gasteiger partial charge in [0, 0.05) is 5.57 Å². The van der Waals surface area contributed by atoms with Crippen molar-refractivity contribution in [3.05, 3.63) is 94.4 Å². The Bertz CT molecular complexity index is 1390. The summed E-state index contributed by atoms with van der Waals surface area (Å²) < 4.78 is 13.0. The Balaban J connectivity index is 1.93. The number of rotatable bonds is 5. The molecule has 0 aromatic heterocycles. The van der Waals surface area contributed by atoms with Crippen LogP contribution in [0.3, 0.4) is 0 Å². The molecule has 0 bridgehead atoms. The number of ether oxygens (including phenoxy) is 2. The zero-order valence-electron chi connectivity index (χ0n) is 17.9. The fraction of sp³-hybridized carbons (Fsp3) is 0.0800. The van der Waals surface area contributed by atoms with Gasteiger partial charge in [-0.3, -0.25) is 0 Å². The van der Waals surface area contributed by atoms with Crippen molar-refractivity contribution < 1.29 is 29.6 Å². The largest absolute Gasteiger partial charge is 0.507 e. The molecule has 0 aliphatic carbocycles. The molecule has 6 nitrogen and oxygen atoms in total. The molecule has 3 aromatic rings. The van der Waals surface area contributed by atoms with Gasteiger partial charge in [0.1, 0.15) is 29.1 Å². The molecule has 180 valence electrons. The van der Waals surface area contributed by atoms with Crippen LogP contribution in [0.5, 0.6) is 17.2 Å². The molecule has 0 saturated carbocycles. The number of allylic oxidation sites excluding steroid dienone is 1. The maximum atomic E-state index is 13.1. The van der Waals surface area contributed by atoms with Crippen LogP contribution in [-0.2, 0) is 9.53 Å². The van der Waals surface area contributed by atoms with Gasteiger partial charge in [-0.25, -0.2) is 4.79 Å². The molecule has 1 atom stereocenters. The Morgan fingerprint density at radius 1 is 0.886 bits per heavy atom. The number of aliphatic hydroxyl groups excluding tert-OH is 1. The van der Waals surface area contributed by atoms with Gasteiger partial charge >= 0.3 is 5.97 Å². The molecule has 1 heterocycles. The van der Waals surface area contributed by atoms with E-state index in [0.29, 0.717) is 45.9 Å². The Labute approximate surface area is 234 Å². The number of cyclic esters (lactones) is 1. The lowest BCUT2D eigenvalue weighted by Crippen LogP contribution is -2.10. The molecule has 3 N–H and O–H groups in total. The molecule has 0 spiro atoms. The lowest BCUT2D eigenvalue weighted by molar-refractivity contribution is -0.134. The second-order valence-corrected chi connectivity index (χ2v) is 10.9. The van der Waals surface area contributed by atoms with Gasteiger partial charge in [0.05, 0.1) is 30.6 Å². The Kier molecular flexibility index (Phi) is 7.77. The fourth-order valence-corrected chi connectivity index (χ4v) is 5.94. The number of hydrogen-bond donors (Lipinski definition) is 3. The number of methoxy groups -OCH3 is 1. The van der Waals surface area contributed by atoms with Crippen LogP contribution in [0.2, 0.25) is 0 Å². The molecule has 0 saturated heterocycles. The summed E-state index contributed by atoms with van der Waals surface area (Å²) in [7, 11) is 1.53. The zero-order chi connectivity index (χ0) is 25.4. The summed E-state index contributed by atoms with van der Waals surface area (Å²) in [4.78, 5) is 13.1. The van der Waals surface area contributed by atoms with Crippen molar-refractivity contribution in [3.8, 4) is 17.2 Å². The first-order valence-electron chi connectivity index (χ1n) is 9.97. The summed E-state index contributed by atoms with van der Waals surface area (Å²) in [5.41, 5.74) is 2.04. The highest BCUT2D eigenvalue weighted by Gasteiger charge is 2.36. The highest BCUT2D eigenvalue weighted by atomic mass is 79.9. The van der Waals surface area contributed by atoms with Crippen LogP contribution in [-0.4, -0.2) is 28.4 Å². The third-order valence-electron chi connectivity index (χ3n) is 5.26. The number of phenolic OH excluding ortho intramolecular Hbond substituents is 2. The van der Waals surface area contributed by atoms with E-state index in [1.807, 2.05) is 0 Å². The van der Waals surface area contributed by atoms with Crippen LogP contribution in [0.15, 0.2) is 77.8 Å². The van der Waals surface area contributed by atoms with Gasteiger partial charge in [-0.05, 0) is 123 Å². The van der Waals surface area contributed by atoms with Crippen LogP contribution < -0.4 is 4.74 Å². The first kappa shape index (κ1) is 26.0. The average Bonchev–Trinajstić information content (AvgIpc) is 3.12. The molecule has 0 amide bonds. The van der Waals surface area contributed by atoms with Gasteiger partial charge in [0.15, 0.2) is 0 Å². The number of aliphatic hydroxyl groups is 1. The van der Waals surface area contributed by atoms with Crippen molar-refractivity contribution >= 4 is 81.3 Å². The maximum absolute atomic E-state index is 13.1. The van der Waals surface area contributed by atoms with Crippen molar-refractivity contribution in [2.24, 2.45) is 0 Å². The van der Waals surface area contributed by atoms with Gasteiger partial charge in [0.2, 0.25) is 0 Å². The summed E-state index contributed by atoms with van der Waals surface area (Å²) in [6.07, 6.45) is 0.304. The molecule has 0 radical (unpaired) electrons. The van der Waals surface area contributed by atoms with Crippen LogP contribution in [0.4, 0.5) is 0 Å². The molecule has 35 heavy (non-hydrogen) atoms. The lowest BCUT2D eigenvalue weighted by atomic mass is 9.92. The predicted octanol–water partition coefficient (Wildman–Crippen LogP) is 7.24. The topological polar surface area (TPSA) is 96.2 Å². The van der Waals surface area contributed by atoms with Gasteiger partial charge in [-0.1, -0.05) is 12.1 Å². The molecule has 10 heteroatoms. The minimum atomic E-state index is -1.33. The molecule has 0 fully saturated rings. The Hall–Kier alpha value is -2.11. The minimum absolute atomic E-state index is 0.0256. The number of benzene rings is 3. The number of esters is 1. The standard InChI is InChI=1S/C25H16Br4O6/c1-34-24-16(28)9-13(10-17(24)29)23(32)22-21(12-3-5-19(31)15(27)8-12)20(35-25(22)33)7-11-2-4-18(30)14(26)6-11/h2-10,23,30-32H,1H3/t23-/m0/s1. The van der Waals surface area contributed by atoms with E-state index in [-0.39, 0.29) is 22.8 Å². The van der Waals surface area contributed by atoms with Crippen LogP contribution >= 0.6 is 63.7 Å². The second-order valence-electron chi connectivity index (χ2n) is 7.48. The molecule has 4 rings (SSSR count). The highest BCUT2D eigenvalue weighted by Crippen LogP contribution is 2.45. The predicted molar refractivity (Wildman–Crippen MR) is 146 cm³/mol. The summed E-state index contributed by atoms with van der Waals surface area (Å²) >= 11 is 13.4. The van der Waals surface area contributed by atoms with Gasteiger partial charge in [-0.2, -0.15) is 0 Å². The van der Waals surface area contributed by atoms with Crippen LogP contribution in [0.1, 0.15) is 22.8 Å². The van der Waals surface area contributed by atoms with Crippen molar-refractivity contribution in [1.82, 2.24) is 0 Å². The third-order valence-corrected chi connectivity index (χ3v) is 7.71. The molecule has 0 unspecified atom stereocenters. The van der Waals surface area contributed by atoms with Crippen LogP contribution in [0, 0.1) is 0 Å². The molecule has 1 aliphatic rings. The first-order valence-corrected chi connectivity index (χ1v) is 13.1. The molecule has 3 aromatic carbocycles. The lowest BCUT2D eigenvalue weighted by Gasteiger charge is -2.15. The second kappa shape index (κ2) is 10.5. The number of phenols is 2. The minimum Gasteiger partial charge on any atom is -0.507 e. The first-order chi connectivity index (χ1) is 16.6. The average molecular weight is 732 g/mol. The van der Waals surface area contributed by atoms with E-state index >= 15 is 0 Å². The van der Waals surface area contributed by atoms with E-state index < -0.39 is 12.1 Å². The van der Waals surface area contributed by atoms with Crippen molar-refractivity contribution in [3.63, 3.8) is 0 Å². The number of carbonyl (C=O) groups excluding carboxylic acids is 1. The van der Waals surface area contributed by atoms with Crippen molar-refractivity contribution in [1.29, 1.82) is 0 Å². The van der Waals surface area contributed by atoms with Crippen molar-refractivity contribution in [2.45, 2.75) is 6.10 Å². The highest BCUT2D eigenvalue weighted by molar-refractivity contribution is 9.11. The van der Waals surface area contributed by atoms with Gasteiger partial charge in [0.25, 0.3) is 0 Å². The summed E-state index contributed by atoms with van der Waals surface area (Å²) in [6.45, 7) is 0. The number of hydrogen-bond acceptors (Lipinski definition) is 6. The monoisotopic (exact) mass is 728 g/mol. The molecular formula is C25H16Br4O6. The molecule has 1 aliphatic heterocycles. The van der Waals surface area contributed by atoms with Gasteiger partial charge < -0.3 is 24.8 Å². The third kappa shape index (κ3) is 5.22. The SMILES string of the molecule is COc1c(Br)cc([C@H](O)C2=C(c3ccc(O)c(Br)c3)C(=Cc3ccc(O)c(Br)c3)OC2=O)cc1Br. The zero-order valence-corrected chi connectivity index (χ0v) is 24.2. The van der Waals surface area contributed by atoms with E-state index in [9.17, 15) is 20.1 Å². The van der Waals surface area contributed by atoms with E-state index in [1.165, 1.54) is 19.2 Å². The summed E-state index contributed by atoms with van der Waals surface area (Å²) in [5, 5.41) is 31.2. The van der Waals surface area contributed by atoms with E-state index in [0.717, 1.165) is 0 Å². The number of carbonyl (C=O) groups is 1. The fourth-order valence-electron chi connectivity index (χ4n) is 3.61. The number of aromatic hydroxyl groups is 2. The van der Waals surface area contributed by atoms with Crippen molar-refractivity contribution in [2.75, 3.05) is 7.11 Å². The van der Waals surface area contributed by atoms with E-state index in [2.05, 4.69) is 63.7 Å². The number of halogens is 4. The smallest absolute Gasteiger partial charge is 0.343 e. The summed E-state index contributed by atoms with van der Waals surface area (Å²) in [6, 6.07) is 12.9. The quantitative estimate of drug-likeness (QED) is 0.240. The van der Waals surface area contributed by atoms with Gasteiger partial charge in [-0.15, -0.1) is 0 Å². The normalized spacial score (nSPS) is 15.5. The Morgan fingerprint density at radius 3 is 2.06 bits per heavy atom. The summed E-state index contributed by atoms with van der Waals surface area (Å²) in [5.74, 6) is 0.151. The van der Waals surface area contributed by atoms with E-state index in [4.69, 9.17) is 9.47 Å².